The molecule has 2 N–H and O–H groups in total. The Morgan fingerprint density at radius 1 is 1.21 bits per heavy atom. The molecule has 8 heteroatoms. The average Bonchev–Trinajstić information content (AvgIpc) is 3.16. The van der Waals surface area contributed by atoms with E-state index < -0.39 is 10.0 Å². The van der Waals surface area contributed by atoms with Gasteiger partial charge in [-0.1, -0.05) is 23.8 Å². The van der Waals surface area contributed by atoms with Crippen LogP contribution in [0.15, 0.2) is 53.4 Å². The SMILES string of the molecule is Cc1ccc(N(C)S(=O)(=O)c2cccc(C(=O)N3CCCC3CN)c2)cc1.Cl. The van der Waals surface area contributed by atoms with Crippen molar-refractivity contribution in [1.82, 2.24) is 4.90 Å². The predicted octanol–water partition coefficient (Wildman–Crippen LogP) is 2.81. The molecule has 1 aliphatic rings. The second kappa shape index (κ2) is 8.94. The third-order valence-corrected chi connectivity index (χ3v) is 6.83. The van der Waals surface area contributed by atoms with Crippen molar-refractivity contribution in [3.8, 4) is 0 Å². The number of anilines is 1. The molecule has 2 aromatic carbocycles. The van der Waals surface area contributed by atoms with E-state index in [9.17, 15) is 13.2 Å². The number of carbonyl (C=O) groups is 1. The molecule has 1 saturated heterocycles. The average molecular weight is 424 g/mol. The van der Waals surface area contributed by atoms with E-state index in [2.05, 4.69) is 0 Å². The Hall–Kier alpha value is -2.09. The van der Waals surface area contributed by atoms with Gasteiger partial charge in [0.05, 0.1) is 10.6 Å². The van der Waals surface area contributed by atoms with Crippen LogP contribution in [0.2, 0.25) is 0 Å². The summed E-state index contributed by atoms with van der Waals surface area (Å²) in [4.78, 5) is 14.7. The summed E-state index contributed by atoms with van der Waals surface area (Å²) < 4.78 is 27.3. The number of amides is 1. The van der Waals surface area contributed by atoms with Gasteiger partial charge in [-0.05, 0) is 50.1 Å². The smallest absolute Gasteiger partial charge is 0.264 e. The molecule has 1 fully saturated rings. The molecule has 1 unspecified atom stereocenters. The zero-order valence-electron chi connectivity index (χ0n) is 16.0. The summed E-state index contributed by atoms with van der Waals surface area (Å²) in [7, 11) is -2.25. The van der Waals surface area contributed by atoms with Gasteiger partial charge in [0.1, 0.15) is 0 Å². The molecule has 0 spiro atoms. The number of rotatable bonds is 5. The lowest BCUT2D eigenvalue weighted by Gasteiger charge is -2.24. The molecule has 0 radical (unpaired) electrons. The fraction of sp³-hybridized carbons (Fsp3) is 0.350. The normalized spacial score (nSPS) is 16.5. The van der Waals surface area contributed by atoms with Crippen LogP contribution in [-0.4, -0.2) is 45.4 Å². The lowest BCUT2D eigenvalue weighted by molar-refractivity contribution is 0.0741. The highest BCUT2D eigenvalue weighted by Crippen LogP contribution is 2.25. The summed E-state index contributed by atoms with van der Waals surface area (Å²) in [5, 5.41) is 0. The molecule has 0 saturated carbocycles. The highest BCUT2D eigenvalue weighted by molar-refractivity contribution is 7.92. The predicted molar refractivity (Wildman–Crippen MR) is 114 cm³/mol. The number of hydrogen-bond donors (Lipinski definition) is 1. The van der Waals surface area contributed by atoms with E-state index in [1.54, 1.807) is 29.2 Å². The molecule has 1 heterocycles. The van der Waals surface area contributed by atoms with Gasteiger partial charge in [-0.3, -0.25) is 9.10 Å². The van der Waals surface area contributed by atoms with Crippen molar-refractivity contribution in [3.05, 3.63) is 59.7 Å². The number of carbonyl (C=O) groups excluding carboxylic acids is 1. The molecule has 0 aromatic heterocycles. The highest BCUT2D eigenvalue weighted by atomic mass is 35.5. The van der Waals surface area contributed by atoms with Crippen LogP contribution in [-0.2, 0) is 10.0 Å². The van der Waals surface area contributed by atoms with Crippen molar-refractivity contribution in [1.29, 1.82) is 0 Å². The molecule has 6 nitrogen and oxygen atoms in total. The van der Waals surface area contributed by atoms with Crippen LogP contribution in [0.4, 0.5) is 5.69 Å². The molecule has 1 aliphatic heterocycles. The number of benzene rings is 2. The molecule has 2 aromatic rings. The Balaban J connectivity index is 0.00000280. The third kappa shape index (κ3) is 4.32. The molecule has 0 aliphatic carbocycles. The largest absolute Gasteiger partial charge is 0.334 e. The van der Waals surface area contributed by atoms with Gasteiger partial charge in [0, 0.05) is 31.7 Å². The molecule has 0 bridgehead atoms. The number of aryl methyl sites for hydroxylation is 1. The minimum Gasteiger partial charge on any atom is -0.334 e. The van der Waals surface area contributed by atoms with Crippen molar-refractivity contribution in [2.45, 2.75) is 30.7 Å². The Bertz CT molecular complexity index is 932. The van der Waals surface area contributed by atoms with Crippen LogP contribution in [0.5, 0.6) is 0 Å². The first-order valence-corrected chi connectivity index (χ1v) is 10.5. The second-order valence-electron chi connectivity index (χ2n) is 6.87. The first kappa shape index (κ1) is 22.2. The van der Waals surface area contributed by atoms with Gasteiger partial charge in [-0.15, -0.1) is 12.4 Å². The zero-order valence-corrected chi connectivity index (χ0v) is 17.7. The van der Waals surface area contributed by atoms with Crippen molar-refractivity contribution in [2.24, 2.45) is 5.73 Å². The number of nitrogens with two attached hydrogens (primary N) is 1. The maximum atomic E-state index is 13.0. The van der Waals surface area contributed by atoms with Crippen LogP contribution < -0.4 is 10.0 Å². The Kier molecular flexibility index (Phi) is 7.09. The van der Waals surface area contributed by atoms with E-state index in [-0.39, 0.29) is 29.3 Å². The monoisotopic (exact) mass is 423 g/mol. The Morgan fingerprint density at radius 2 is 1.89 bits per heavy atom. The quantitative estimate of drug-likeness (QED) is 0.801. The van der Waals surface area contributed by atoms with Crippen LogP contribution in [0.3, 0.4) is 0 Å². The van der Waals surface area contributed by atoms with E-state index >= 15 is 0 Å². The summed E-state index contributed by atoms with van der Waals surface area (Å²) in [6.07, 6.45) is 1.80. The van der Waals surface area contributed by atoms with Gasteiger partial charge in [0.15, 0.2) is 0 Å². The number of hydrogen-bond acceptors (Lipinski definition) is 4. The molecule has 28 heavy (non-hydrogen) atoms. The van der Waals surface area contributed by atoms with E-state index in [0.29, 0.717) is 24.3 Å². The van der Waals surface area contributed by atoms with Gasteiger partial charge >= 0.3 is 0 Å². The van der Waals surface area contributed by atoms with Gasteiger partial charge < -0.3 is 10.6 Å². The molecular formula is C20H26ClN3O3S. The lowest BCUT2D eigenvalue weighted by atomic mass is 10.1. The topological polar surface area (TPSA) is 83.7 Å². The summed E-state index contributed by atoms with van der Waals surface area (Å²) in [6.45, 7) is 3.02. The summed E-state index contributed by atoms with van der Waals surface area (Å²) in [6, 6.07) is 13.5. The maximum absolute atomic E-state index is 13.0. The molecule has 1 atom stereocenters. The fourth-order valence-electron chi connectivity index (χ4n) is 3.36. The minimum atomic E-state index is -3.77. The number of halogens is 1. The Morgan fingerprint density at radius 3 is 2.54 bits per heavy atom. The standard InChI is InChI=1S/C20H25N3O3S.ClH/c1-15-8-10-17(11-9-15)22(2)27(25,26)19-7-3-5-16(13-19)20(24)23-12-4-6-18(23)14-21;/h3,5,7-11,13,18H,4,6,12,14,21H2,1-2H3;1H. The third-order valence-electron chi connectivity index (χ3n) is 5.05. The van der Waals surface area contributed by atoms with Crippen molar-refractivity contribution in [2.75, 3.05) is 24.4 Å². The molecular weight excluding hydrogens is 398 g/mol. The van der Waals surface area contributed by atoms with Crippen molar-refractivity contribution >= 4 is 34.0 Å². The number of nitrogens with zero attached hydrogens (tertiary/aromatic N) is 2. The minimum absolute atomic E-state index is 0. The van der Waals surface area contributed by atoms with Crippen LogP contribution in [0.25, 0.3) is 0 Å². The van der Waals surface area contributed by atoms with Crippen molar-refractivity contribution in [3.63, 3.8) is 0 Å². The molecule has 1 amide bonds. The summed E-state index contributed by atoms with van der Waals surface area (Å²) in [5.41, 5.74) is 7.75. The second-order valence-corrected chi connectivity index (χ2v) is 8.84. The highest BCUT2D eigenvalue weighted by Gasteiger charge is 2.29. The first-order valence-electron chi connectivity index (χ1n) is 9.01. The zero-order chi connectivity index (χ0) is 19.6. The van der Waals surface area contributed by atoms with Gasteiger partial charge in [-0.25, -0.2) is 8.42 Å². The maximum Gasteiger partial charge on any atom is 0.264 e. The summed E-state index contributed by atoms with van der Waals surface area (Å²) >= 11 is 0. The number of likely N-dealkylation sites (tertiary alicyclic amines) is 1. The fourth-order valence-corrected chi connectivity index (χ4v) is 4.60. The van der Waals surface area contributed by atoms with Crippen LogP contribution in [0, 0.1) is 6.92 Å². The van der Waals surface area contributed by atoms with E-state index in [4.69, 9.17) is 5.73 Å². The Labute approximate surface area is 172 Å². The summed E-state index contributed by atoms with van der Waals surface area (Å²) in [5.74, 6) is -0.169. The van der Waals surface area contributed by atoms with E-state index in [1.807, 2.05) is 19.1 Å². The lowest BCUT2D eigenvalue weighted by Crippen LogP contribution is -2.40. The van der Waals surface area contributed by atoms with E-state index in [1.165, 1.54) is 23.5 Å². The van der Waals surface area contributed by atoms with E-state index in [0.717, 1.165) is 18.4 Å². The first-order chi connectivity index (χ1) is 12.8. The van der Waals surface area contributed by atoms with Crippen LogP contribution >= 0.6 is 12.4 Å². The van der Waals surface area contributed by atoms with Crippen LogP contribution in [0.1, 0.15) is 28.8 Å². The van der Waals surface area contributed by atoms with Crippen molar-refractivity contribution < 1.29 is 13.2 Å². The molecule has 152 valence electrons. The van der Waals surface area contributed by atoms with Gasteiger partial charge in [0.25, 0.3) is 15.9 Å². The molecule has 3 rings (SSSR count). The van der Waals surface area contributed by atoms with Gasteiger partial charge in [0.2, 0.25) is 0 Å². The van der Waals surface area contributed by atoms with Gasteiger partial charge in [-0.2, -0.15) is 0 Å². The number of sulfonamides is 1.